The van der Waals surface area contributed by atoms with Crippen molar-refractivity contribution < 1.29 is 4.79 Å². The van der Waals surface area contributed by atoms with Crippen molar-refractivity contribution in [2.45, 2.75) is 12.8 Å². The lowest BCUT2D eigenvalue weighted by atomic mass is 10.2. The first kappa shape index (κ1) is 10.9. The Hall–Kier alpha value is -1.16. The standard InChI is InChI=1S/C10H14N2OS/c11-8-3-5-9(6-4-8)12-10(13)2-1-7-14/h3-6,14H,1-2,7,11H2,(H,12,13). The fourth-order valence-electron chi connectivity index (χ4n) is 1.03. The first-order valence-electron chi connectivity index (χ1n) is 4.48. The number of nitrogen functional groups attached to an aromatic ring is 1. The molecule has 1 aromatic rings. The number of rotatable bonds is 4. The van der Waals surface area contributed by atoms with Gasteiger partial charge in [-0.25, -0.2) is 0 Å². The molecule has 0 aliphatic carbocycles. The molecule has 14 heavy (non-hydrogen) atoms. The fraction of sp³-hybridized carbons (Fsp3) is 0.300. The molecular formula is C10H14N2OS. The van der Waals surface area contributed by atoms with Gasteiger partial charge in [0, 0.05) is 17.8 Å². The minimum absolute atomic E-state index is 0.0174. The molecule has 0 atom stereocenters. The van der Waals surface area contributed by atoms with E-state index in [-0.39, 0.29) is 5.91 Å². The van der Waals surface area contributed by atoms with Crippen molar-refractivity contribution in [3.05, 3.63) is 24.3 Å². The summed E-state index contributed by atoms with van der Waals surface area (Å²) in [5.74, 6) is 0.749. The second-order valence-electron chi connectivity index (χ2n) is 3.00. The van der Waals surface area contributed by atoms with Gasteiger partial charge in [0.1, 0.15) is 0 Å². The summed E-state index contributed by atoms with van der Waals surface area (Å²) in [7, 11) is 0. The van der Waals surface area contributed by atoms with Gasteiger partial charge in [-0.2, -0.15) is 12.6 Å². The minimum atomic E-state index is 0.0174. The van der Waals surface area contributed by atoms with E-state index in [2.05, 4.69) is 17.9 Å². The summed E-state index contributed by atoms with van der Waals surface area (Å²) in [5.41, 5.74) is 6.99. The molecule has 1 aromatic carbocycles. The number of amides is 1. The summed E-state index contributed by atoms with van der Waals surface area (Å²) < 4.78 is 0. The van der Waals surface area contributed by atoms with Crippen molar-refractivity contribution in [3.63, 3.8) is 0 Å². The van der Waals surface area contributed by atoms with Gasteiger partial charge in [0.05, 0.1) is 0 Å². The number of carbonyl (C=O) groups is 1. The van der Waals surface area contributed by atoms with Crippen LogP contribution in [0.15, 0.2) is 24.3 Å². The highest BCUT2D eigenvalue weighted by atomic mass is 32.1. The van der Waals surface area contributed by atoms with E-state index in [1.165, 1.54) is 0 Å². The van der Waals surface area contributed by atoms with Crippen LogP contribution in [0.25, 0.3) is 0 Å². The molecule has 76 valence electrons. The molecule has 0 unspecified atom stereocenters. The molecule has 4 heteroatoms. The van der Waals surface area contributed by atoms with Gasteiger partial charge in [-0.3, -0.25) is 4.79 Å². The Balaban J connectivity index is 2.44. The van der Waals surface area contributed by atoms with Crippen LogP contribution in [0.4, 0.5) is 11.4 Å². The number of thiol groups is 1. The molecule has 3 nitrogen and oxygen atoms in total. The van der Waals surface area contributed by atoms with E-state index in [1.807, 2.05) is 0 Å². The monoisotopic (exact) mass is 210 g/mol. The van der Waals surface area contributed by atoms with Crippen LogP contribution in [0.5, 0.6) is 0 Å². The van der Waals surface area contributed by atoms with Gasteiger partial charge >= 0.3 is 0 Å². The van der Waals surface area contributed by atoms with Crippen LogP contribution < -0.4 is 11.1 Å². The zero-order valence-corrected chi connectivity index (χ0v) is 8.76. The maximum atomic E-state index is 11.3. The highest BCUT2D eigenvalue weighted by Gasteiger charge is 2.00. The maximum Gasteiger partial charge on any atom is 0.224 e. The van der Waals surface area contributed by atoms with E-state index in [0.717, 1.165) is 17.9 Å². The summed E-state index contributed by atoms with van der Waals surface area (Å²) in [5, 5.41) is 2.78. The Kier molecular flexibility index (Phi) is 4.32. The molecule has 0 saturated carbocycles. The number of hydrogen-bond acceptors (Lipinski definition) is 3. The number of carbonyl (C=O) groups excluding carboxylic acids is 1. The molecule has 1 amide bonds. The van der Waals surface area contributed by atoms with Gasteiger partial charge in [0.25, 0.3) is 0 Å². The molecule has 0 radical (unpaired) electrons. The Bertz CT molecular complexity index is 297. The lowest BCUT2D eigenvalue weighted by molar-refractivity contribution is -0.116. The summed E-state index contributed by atoms with van der Waals surface area (Å²) in [6.45, 7) is 0. The largest absolute Gasteiger partial charge is 0.399 e. The van der Waals surface area contributed by atoms with Gasteiger partial charge in [-0.15, -0.1) is 0 Å². The zero-order valence-electron chi connectivity index (χ0n) is 7.86. The average Bonchev–Trinajstić information content (AvgIpc) is 2.18. The molecular weight excluding hydrogens is 196 g/mol. The van der Waals surface area contributed by atoms with Gasteiger partial charge in [0.15, 0.2) is 0 Å². The van der Waals surface area contributed by atoms with Crippen LogP contribution in [0.1, 0.15) is 12.8 Å². The lowest BCUT2D eigenvalue weighted by Gasteiger charge is -2.04. The average molecular weight is 210 g/mol. The van der Waals surface area contributed by atoms with Crippen molar-refractivity contribution in [1.29, 1.82) is 0 Å². The molecule has 0 fully saturated rings. The summed E-state index contributed by atoms with van der Waals surface area (Å²) in [6, 6.07) is 7.09. The third-order valence-electron chi connectivity index (χ3n) is 1.76. The highest BCUT2D eigenvalue weighted by Crippen LogP contribution is 2.10. The first-order valence-corrected chi connectivity index (χ1v) is 5.12. The second-order valence-corrected chi connectivity index (χ2v) is 3.44. The second kappa shape index (κ2) is 5.54. The van der Waals surface area contributed by atoms with Crippen molar-refractivity contribution in [2.75, 3.05) is 16.8 Å². The third-order valence-corrected chi connectivity index (χ3v) is 2.07. The molecule has 0 spiro atoms. The third kappa shape index (κ3) is 3.70. The smallest absolute Gasteiger partial charge is 0.224 e. The zero-order chi connectivity index (χ0) is 10.4. The molecule has 3 N–H and O–H groups in total. The first-order chi connectivity index (χ1) is 6.72. The van der Waals surface area contributed by atoms with Crippen LogP contribution in [0.2, 0.25) is 0 Å². The Labute approximate surface area is 89.1 Å². The number of benzene rings is 1. The quantitative estimate of drug-likeness (QED) is 0.525. The summed E-state index contributed by atoms with van der Waals surface area (Å²) in [4.78, 5) is 11.3. The Morgan fingerprint density at radius 1 is 1.36 bits per heavy atom. The van der Waals surface area contributed by atoms with Gasteiger partial charge in [-0.05, 0) is 36.4 Å². The number of hydrogen-bond donors (Lipinski definition) is 3. The van der Waals surface area contributed by atoms with Crippen LogP contribution in [0.3, 0.4) is 0 Å². The predicted octanol–water partition coefficient (Wildman–Crippen LogP) is 1.92. The Morgan fingerprint density at radius 3 is 2.57 bits per heavy atom. The van der Waals surface area contributed by atoms with Gasteiger partial charge in [0.2, 0.25) is 5.91 Å². The van der Waals surface area contributed by atoms with Gasteiger partial charge < -0.3 is 11.1 Å². The maximum absolute atomic E-state index is 11.3. The van der Waals surface area contributed by atoms with Crippen molar-refractivity contribution >= 4 is 29.9 Å². The van der Waals surface area contributed by atoms with E-state index < -0.39 is 0 Å². The summed E-state index contributed by atoms with van der Waals surface area (Å²) in [6.07, 6.45) is 1.30. The minimum Gasteiger partial charge on any atom is -0.399 e. The predicted molar refractivity (Wildman–Crippen MR) is 62.6 cm³/mol. The number of nitrogens with one attached hydrogen (secondary N) is 1. The van der Waals surface area contributed by atoms with Crippen molar-refractivity contribution in [3.8, 4) is 0 Å². The topological polar surface area (TPSA) is 55.1 Å². The number of nitrogens with two attached hydrogens (primary N) is 1. The molecule has 0 saturated heterocycles. The van der Waals surface area contributed by atoms with Crippen molar-refractivity contribution in [1.82, 2.24) is 0 Å². The normalized spacial score (nSPS) is 9.79. The fourth-order valence-corrected chi connectivity index (χ4v) is 1.19. The van der Waals surface area contributed by atoms with Crippen LogP contribution in [-0.2, 0) is 4.79 Å². The molecule has 0 heterocycles. The SMILES string of the molecule is Nc1ccc(NC(=O)CCCS)cc1. The highest BCUT2D eigenvalue weighted by molar-refractivity contribution is 7.80. The van der Waals surface area contributed by atoms with Gasteiger partial charge in [-0.1, -0.05) is 0 Å². The molecule has 0 bridgehead atoms. The van der Waals surface area contributed by atoms with E-state index in [4.69, 9.17) is 5.73 Å². The van der Waals surface area contributed by atoms with E-state index in [1.54, 1.807) is 24.3 Å². The van der Waals surface area contributed by atoms with Crippen LogP contribution in [-0.4, -0.2) is 11.7 Å². The molecule has 0 aliphatic heterocycles. The van der Waals surface area contributed by atoms with E-state index in [9.17, 15) is 4.79 Å². The lowest BCUT2D eigenvalue weighted by Crippen LogP contribution is -2.11. The molecule has 1 rings (SSSR count). The Morgan fingerprint density at radius 2 is 2.00 bits per heavy atom. The van der Waals surface area contributed by atoms with E-state index >= 15 is 0 Å². The molecule has 0 aromatic heterocycles. The van der Waals surface area contributed by atoms with Crippen LogP contribution in [0, 0.1) is 0 Å². The van der Waals surface area contributed by atoms with Crippen molar-refractivity contribution in [2.24, 2.45) is 0 Å². The van der Waals surface area contributed by atoms with Crippen LogP contribution >= 0.6 is 12.6 Å². The summed E-state index contributed by atoms with van der Waals surface area (Å²) >= 11 is 4.04. The van der Waals surface area contributed by atoms with E-state index in [0.29, 0.717) is 12.1 Å². The molecule has 0 aliphatic rings. The number of anilines is 2.